The second-order valence-corrected chi connectivity index (χ2v) is 10.0. The third kappa shape index (κ3) is 5.35. The SMILES string of the molecule is CCNC(=O)[C@H]1CCC[C@H](NC(=O)C2CCN(c3nc4ncccc4cc3-c3ccccc3)CC2)C1. The monoisotopic (exact) mass is 485 g/mol. The number of pyridine rings is 2. The Hall–Kier alpha value is -3.48. The third-order valence-corrected chi connectivity index (χ3v) is 7.56. The molecule has 1 aliphatic heterocycles. The standard InChI is InChI=1S/C29H35N5O2/c1-2-30-28(35)23-10-6-12-24(18-23)32-29(36)21-13-16-34(17-14-21)27-25(20-8-4-3-5-9-20)19-22-11-7-15-31-26(22)33-27/h3-5,7-9,11,15,19,21,23-24H,2,6,10,12-14,16-18H2,1H3,(H,30,35)(H,32,36)/t23-,24-/m0/s1. The lowest BCUT2D eigenvalue weighted by molar-refractivity contribution is -0.129. The smallest absolute Gasteiger partial charge is 0.223 e. The summed E-state index contributed by atoms with van der Waals surface area (Å²) in [7, 11) is 0. The van der Waals surface area contributed by atoms with Crippen molar-refractivity contribution in [2.24, 2.45) is 11.8 Å². The highest BCUT2D eigenvalue weighted by Crippen LogP contribution is 2.34. The molecule has 2 aliphatic rings. The average molecular weight is 486 g/mol. The molecule has 3 aromatic rings. The zero-order valence-corrected chi connectivity index (χ0v) is 21.0. The number of anilines is 1. The molecule has 0 radical (unpaired) electrons. The summed E-state index contributed by atoms with van der Waals surface area (Å²) in [4.78, 5) is 37.1. The van der Waals surface area contributed by atoms with E-state index in [4.69, 9.17) is 4.98 Å². The van der Waals surface area contributed by atoms with E-state index in [9.17, 15) is 9.59 Å². The minimum atomic E-state index is -0.00940. The Morgan fingerprint density at radius 3 is 2.56 bits per heavy atom. The van der Waals surface area contributed by atoms with Gasteiger partial charge in [-0.05, 0) is 62.8 Å². The van der Waals surface area contributed by atoms with E-state index in [1.807, 2.05) is 37.3 Å². The van der Waals surface area contributed by atoms with Gasteiger partial charge in [-0.1, -0.05) is 36.8 Å². The Bertz CT molecular complexity index is 1210. The first-order valence-corrected chi connectivity index (χ1v) is 13.3. The summed E-state index contributed by atoms with van der Waals surface area (Å²) in [6.07, 6.45) is 6.94. The highest BCUT2D eigenvalue weighted by atomic mass is 16.2. The lowest BCUT2D eigenvalue weighted by Crippen LogP contribution is -2.46. The predicted octanol–water partition coefficient (Wildman–Crippen LogP) is 4.32. The molecule has 2 amide bonds. The number of benzene rings is 1. The van der Waals surface area contributed by atoms with E-state index in [2.05, 4.69) is 38.7 Å². The Kier molecular flexibility index (Phi) is 7.44. The number of hydrogen-bond donors (Lipinski definition) is 2. The van der Waals surface area contributed by atoms with Crippen molar-refractivity contribution in [3.63, 3.8) is 0 Å². The van der Waals surface area contributed by atoms with Crippen molar-refractivity contribution < 1.29 is 9.59 Å². The molecule has 7 nitrogen and oxygen atoms in total. The maximum Gasteiger partial charge on any atom is 0.223 e. The summed E-state index contributed by atoms with van der Waals surface area (Å²) in [5, 5.41) is 7.22. The number of fused-ring (bicyclic) bond motifs is 1. The molecule has 3 heterocycles. The molecular formula is C29H35N5O2. The van der Waals surface area contributed by atoms with Crippen LogP contribution >= 0.6 is 0 Å². The van der Waals surface area contributed by atoms with Crippen molar-refractivity contribution in [2.45, 2.75) is 51.5 Å². The van der Waals surface area contributed by atoms with Crippen LogP contribution < -0.4 is 15.5 Å². The molecular weight excluding hydrogens is 450 g/mol. The first kappa shape index (κ1) is 24.2. The van der Waals surface area contributed by atoms with Crippen LogP contribution in [0.3, 0.4) is 0 Å². The molecule has 0 spiro atoms. The van der Waals surface area contributed by atoms with Crippen molar-refractivity contribution >= 4 is 28.7 Å². The van der Waals surface area contributed by atoms with Crippen LogP contribution in [0.4, 0.5) is 5.82 Å². The number of amides is 2. The van der Waals surface area contributed by atoms with Crippen LogP contribution in [0.1, 0.15) is 45.4 Å². The molecule has 36 heavy (non-hydrogen) atoms. The fourth-order valence-electron chi connectivity index (χ4n) is 5.62. The van der Waals surface area contributed by atoms with Gasteiger partial charge in [-0.25, -0.2) is 9.97 Å². The zero-order chi connectivity index (χ0) is 24.9. The molecule has 2 N–H and O–H groups in total. The molecule has 0 unspecified atom stereocenters. The Morgan fingerprint density at radius 1 is 0.972 bits per heavy atom. The van der Waals surface area contributed by atoms with Crippen LogP contribution in [0, 0.1) is 11.8 Å². The topological polar surface area (TPSA) is 87.2 Å². The molecule has 0 bridgehead atoms. The second kappa shape index (κ2) is 11.1. The first-order valence-electron chi connectivity index (χ1n) is 13.3. The molecule has 188 valence electrons. The van der Waals surface area contributed by atoms with E-state index in [1.165, 1.54) is 0 Å². The number of nitrogens with one attached hydrogen (secondary N) is 2. The van der Waals surface area contributed by atoms with Gasteiger partial charge in [-0.3, -0.25) is 9.59 Å². The molecule has 2 atom stereocenters. The number of rotatable bonds is 6. The quantitative estimate of drug-likeness (QED) is 0.543. The summed E-state index contributed by atoms with van der Waals surface area (Å²) in [6, 6.07) is 16.6. The summed E-state index contributed by atoms with van der Waals surface area (Å²) in [5.74, 6) is 1.19. The van der Waals surface area contributed by atoms with Crippen LogP contribution in [0.2, 0.25) is 0 Å². The molecule has 2 aromatic heterocycles. The van der Waals surface area contributed by atoms with E-state index >= 15 is 0 Å². The van der Waals surface area contributed by atoms with Gasteiger partial charge in [-0.2, -0.15) is 0 Å². The van der Waals surface area contributed by atoms with Gasteiger partial charge in [-0.15, -0.1) is 0 Å². The summed E-state index contributed by atoms with van der Waals surface area (Å²) >= 11 is 0. The van der Waals surface area contributed by atoms with Crippen LogP contribution in [-0.4, -0.2) is 47.5 Å². The number of aromatic nitrogens is 2. The van der Waals surface area contributed by atoms with Crippen molar-refractivity contribution in [2.75, 3.05) is 24.5 Å². The third-order valence-electron chi connectivity index (χ3n) is 7.56. The van der Waals surface area contributed by atoms with E-state index in [1.54, 1.807) is 6.20 Å². The number of carbonyl (C=O) groups is 2. The molecule has 1 saturated heterocycles. The Labute approximate surface area is 212 Å². The number of carbonyl (C=O) groups excluding carboxylic acids is 2. The van der Waals surface area contributed by atoms with Gasteiger partial charge in [0.25, 0.3) is 0 Å². The van der Waals surface area contributed by atoms with Gasteiger partial charge in [0.1, 0.15) is 5.82 Å². The minimum Gasteiger partial charge on any atom is -0.356 e. The van der Waals surface area contributed by atoms with Gasteiger partial charge in [0.2, 0.25) is 11.8 Å². The Balaban J connectivity index is 1.26. The molecule has 1 aromatic carbocycles. The molecule has 2 fully saturated rings. The highest BCUT2D eigenvalue weighted by Gasteiger charge is 2.31. The van der Waals surface area contributed by atoms with E-state index in [-0.39, 0.29) is 29.7 Å². The van der Waals surface area contributed by atoms with Crippen LogP contribution in [0.5, 0.6) is 0 Å². The van der Waals surface area contributed by atoms with Crippen LogP contribution in [0.15, 0.2) is 54.7 Å². The molecule has 1 aliphatic carbocycles. The lowest BCUT2D eigenvalue weighted by Gasteiger charge is -2.35. The summed E-state index contributed by atoms with van der Waals surface area (Å²) in [6.45, 7) is 4.14. The van der Waals surface area contributed by atoms with E-state index in [0.29, 0.717) is 6.54 Å². The summed E-state index contributed by atoms with van der Waals surface area (Å²) < 4.78 is 0. The van der Waals surface area contributed by atoms with Gasteiger partial charge < -0.3 is 15.5 Å². The van der Waals surface area contributed by atoms with Crippen molar-refractivity contribution in [1.29, 1.82) is 0 Å². The lowest BCUT2D eigenvalue weighted by atomic mass is 9.84. The van der Waals surface area contributed by atoms with Gasteiger partial charge in [0, 0.05) is 54.7 Å². The van der Waals surface area contributed by atoms with E-state index in [0.717, 1.165) is 79.6 Å². The highest BCUT2D eigenvalue weighted by molar-refractivity contribution is 5.88. The first-order chi connectivity index (χ1) is 17.6. The fourth-order valence-corrected chi connectivity index (χ4v) is 5.62. The Morgan fingerprint density at radius 2 is 1.78 bits per heavy atom. The summed E-state index contributed by atoms with van der Waals surface area (Å²) in [5.41, 5.74) is 2.97. The van der Waals surface area contributed by atoms with Gasteiger partial charge in [0.15, 0.2) is 5.65 Å². The molecule has 5 rings (SSSR count). The van der Waals surface area contributed by atoms with Crippen molar-refractivity contribution in [1.82, 2.24) is 20.6 Å². The minimum absolute atomic E-state index is 0.00911. The van der Waals surface area contributed by atoms with Crippen LogP contribution in [0.25, 0.3) is 22.2 Å². The average Bonchev–Trinajstić information content (AvgIpc) is 2.93. The number of hydrogen-bond acceptors (Lipinski definition) is 5. The zero-order valence-electron chi connectivity index (χ0n) is 21.0. The van der Waals surface area contributed by atoms with Gasteiger partial charge in [0.05, 0.1) is 0 Å². The van der Waals surface area contributed by atoms with Crippen molar-refractivity contribution in [3.05, 3.63) is 54.7 Å². The molecule has 1 saturated carbocycles. The van der Waals surface area contributed by atoms with Crippen molar-refractivity contribution in [3.8, 4) is 11.1 Å². The normalized spacial score (nSPS) is 20.8. The molecule has 7 heteroatoms. The van der Waals surface area contributed by atoms with E-state index < -0.39 is 0 Å². The maximum absolute atomic E-state index is 13.1. The second-order valence-electron chi connectivity index (χ2n) is 10.0. The largest absolute Gasteiger partial charge is 0.356 e. The fraction of sp³-hybridized carbons (Fsp3) is 0.448. The number of piperidine rings is 1. The maximum atomic E-state index is 13.1. The van der Waals surface area contributed by atoms with Crippen LogP contribution in [-0.2, 0) is 9.59 Å². The van der Waals surface area contributed by atoms with Gasteiger partial charge >= 0.3 is 0 Å². The number of nitrogens with zero attached hydrogens (tertiary/aromatic N) is 3. The predicted molar refractivity (Wildman–Crippen MR) is 142 cm³/mol.